The van der Waals surface area contributed by atoms with Gasteiger partial charge in [-0.1, -0.05) is 27.5 Å². The topological polar surface area (TPSA) is 158 Å². The standard InChI is InChI=1S/C11H11BrN2O2.C11H11ClN2O2/c2*12-7-1-2-10-8(4-7)6(5-14-10)3-9(13)11(15)16/h2*1-2,4-5,9,14H,3,13H2,(H,15,16). The predicted octanol–water partition coefficient (Wildman–Crippen LogP) is 3.66. The van der Waals surface area contributed by atoms with Gasteiger partial charge in [0.05, 0.1) is 0 Å². The average Bonchev–Trinajstić information content (AvgIpc) is 3.32. The number of halogens is 2. The summed E-state index contributed by atoms with van der Waals surface area (Å²) in [7, 11) is 0. The van der Waals surface area contributed by atoms with Crippen molar-refractivity contribution in [2.45, 2.75) is 24.9 Å². The van der Waals surface area contributed by atoms with Crippen LogP contribution in [0.4, 0.5) is 0 Å². The predicted molar refractivity (Wildman–Crippen MR) is 128 cm³/mol. The fourth-order valence-electron chi connectivity index (χ4n) is 3.29. The molecule has 8 N–H and O–H groups in total. The number of benzene rings is 2. The zero-order chi connectivity index (χ0) is 23.4. The Morgan fingerprint density at radius 1 is 0.875 bits per heavy atom. The number of H-pyrrole nitrogens is 2. The first-order valence-corrected chi connectivity index (χ1v) is 10.8. The van der Waals surface area contributed by atoms with Crippen LogP contribution in [0.3, 0.4) is 0 Å². The van der Waals surface area contributed by atoms with Gasteiger partial charge in [-0.2, -0.15) is 0 Å². The van der Waals surface area contributed by atoms with Gasteiger partial charge in [-0.15, -0.1) is 0 Å². The van der Waals surface area contributed by atoms with Gasteiger partial charge in [0.2, 0.25) is 0 Å². The molecule has 4 rings (SSSR count). The number of carboxylic acid groups (broad SMARTS) is 2. The van der Waals surface area contributed by atoms with Gasteiger partial charge in [-0.25, -0.2) is 0 Å². The van der Waals surface area contributed by atoms with Gasteiger partial charge >= 0.3 is 11.9 Å². The highest BCUT2D eigenvalue weighted by Crippen LogP contribution is 2.24. The third-order valence-corrected chi connectivity index (χ3v) is 5.70. The minimum Gasteiger partial charge on any atom is -0.480 e. The van der Waals surface area contributed by atoms with E-state index in [4.69, 9.17) is 33.3 Å². The number of nitrogens with one attached hydrogen (secondary N) is 2. The van der Waals surface area contributed by atoms with Crippen LogP contribution in [-0.4, -0.2) is 44.2 Å². The molecule has 2 atom stereocenters. The van der Waals surface area contributed by atoms with Gasteiger partial charge in [0.25, 0.3) is 0 Å². The Morgan fingerprint density at radius 2 is 1.34 bits per heavy atom. The molecule has 2 aromatic heterocycles. The Balaban J connectivity index is 0.000000181. The van der Waals surface area contributed by atoms with E-state index in [-0.39, 0.29) is 6.42 Å². The van der Waals surface area contributed by atoms with Crippen LogP contribution in [0, 0.1) is 0 Å². The summed E-state index contributed by atoms with van der Waals surface area (Å²) < 4.78 is 0.963. The van der Waals surface area contributed by atoms with Crippen molar-refractivity contribution in [3.63, 3.8) is 0 Å². The number of carbonyl (C=O) groups is 2. The van der Waals surface area contributed by atoms with E-state index < -0.39 is 24.0 Å². The normalized spacial score (nSPS) is 12.9. The maximum Gasteiger partial charge on any atom is 0.320 e. The summed E-state index contributed by atoms with van der Waals surface area (Å²) in [6.45, 7) is 0. The molecule has 0 spiro atoms. The van der Waals surface area contributed by atoms with Crippen molar-refractivity contribution in [3.05, 3.63) is 69.4 Å². The molecule has 0 saturated heterocycles. The highest BCUT2D eigenvalue weighted by atomic mass is 79.9. The van der Waals surface area contributed by atoms with E-state index in [1.807, 2.05) is 24.3 Å². The van der Waals surface area contributed by atoms with Crippen LogP contribution in [0.2, 0.25) is 5.02 Å². The molecule has 0 radical (unpaired) electrons. The molecule has 32 heavy (non-hydrogen) atoms. The van der Waals surface area contributed by atoms with Gasteiger partial charge in [-0.3, -0.25) is 9.59 Å². The fourth-order valence-corrected chi connectivity index (χ4v) is 3.82. The number of aromatic amines is 2. The van der Waals surface area contributed by atoms with Crippen LogP contribution in [-0.2, 0) is 22.4 Å². The third-order valence-electron chi connectivity index (χ3n) is 4.97. The largest absolute Gasteiger partial charge is 0.480 e. The van der Waals surface area contributed by atoms with Crippen LogP contribution in [0.15, 0.2) is 53.3 Å². The van der Waals surface area contributed by atoms with Gasteiger partial charge in [-0.05, 0) is 47.5 Å². The van der Waals surface area contributed by atoms with E-state index >= 15 is 0 Å². The lowest BCUT2D eigenvalue weighted by atomic mass is 10.1. The number of carboxylic acids is 2. The second-order valence-electron chi connectivity index (χ2n) is 7.31. The van der Waals surface area contributed by atoms with Gasteiger partial charge < -0.3 is 31.6 Å². The number of aliphatic carboxylic acids is 2. The van der Waals surface area contributed by atoms with E-state index in [2.05, 4.69) is 25.9 Å². The molecule has 4 aromatic rings. The second kappa shape index (κ2) is 10.2. The summed E-state index contributed by atoms with van der Waals surface area (Å²) in [5.41, 5.74) is 14.7. The van der Waals surface area contributed by atoms with Gasteiger partial charge in [0.15, 0.2) is 0 Å². The summed E-state index contributed by atoms with van der Waals surface area (Å²) in [4.78, 5) is 27.5. The van der Waals surface area contributed by atoms with Crippen LogP contribution in [0.1, 0.15) is 11.1 Å². The Hall–Kier alpha value is -2.85. The molecule has 0 fully saturated rings. The average molecular weight is 522 g/mol. The van der Waals surface area contributed by atoms with Crippen molar-refractivity contribution in [2.24, 2.45) is 11.5 Å². The van der Waals surface area contributed by atoms with Crippen LogP contribution in [0.5, 0.6) is 0 Å². The minimum atomic E-state index is -1.00. The Bertz CT molecular complexity index is 1170. The number of fused-ring (bicyclic) bond motifs is 2. The SMILES string of the molecule is NC(Cc1c[nH]c2ccc(Br)cc12)C(=O)O.NC(Cc1c[nH]c2ccc(Cl)cc12)C(=O)O. The Morgan fingerprint density at radius 3 is 1.84 bits per heavy atom. The first-order chi connectivity index (χ1) is 15.2. The van der Waals surface area contributed by atoms with Crippen molar-refractivity contribution in [3.8, 4) is 0 Å². The molecule has 2 unspecified atom stereocenters. The number of rotatable bonds is 6. The molecule has 0 aliphatic carbocycles. The zero-order valence-corrected chi connectivity index (χ0v) is 19.2. The summed E-state index contributed by atoms with van der Waals surface area (Å²) in [6, 6.07) is 9.51. The molecule has 2 heterocycles. The number of aromatic nitrogens is 2. The van der Waals surface area contributed by atoms with E-state index in [1.165, 1.54) is 0 Å². The number of hydrogen-bond acceptors (Lipinski definition) is 4. The van der Waals surface area contributed by atoms with Crippen LogP contribution < -0.4 is 11.5 Å². The molecule has 0 amide bonds. The molecule has 2 aromatic carbocycles. The fraction of sp³-hybridized carbons (Fsp3) is 0.182. The molecule has 0 aliphatic heterocycles. The quantitative estimate of drug-likeness (QED) is 0.227. The maximum absolute atomic E-state index is 10.7. The third kappa shape index (κ3) is 5.68. The lowest BCUT2D eigenvalue weighted by molar-refractivity contribution is -0.139. The number of hydrogen-bond donors (Lipinski definition) is 6. The summed E-state index contributed by atoms with van der Waals surface area (Å²) >= 11 is 9.27. The van der Waals surface area contributed by atoms with Crippen LogP contribution >= 0.6 is 27.5 Å². The van der Waals surface area contributed by atoms with Crippen molar-refractivity contribution >= 4 is 61.3 Å². The second-order valence-corrected chi connectivity index (χ2v) is 8.66. The maximum atomic E-state index is 10.7. The molecular formula is C22H22BrClN4O4. The lowest BCUT2D eigenvalue weighted by Gasteiger charge is -2.04. The summed E-state index contributed by atoms with van der Waals surface area (Å²) in [5, 5.41) is 20.1. The molecule has 0 aliphatic rings. The van der Waals surface area contributed by atoms with Gasteiger partial charge in [0, 0.05) is 56.5 Å². The molecular weight excluding hydrogens is 500 g/mol. The molecule has 0 bridgehead atoms. The van der Waals surface area contributed by atoms with E-state index in [0.29, 0.717) is 11.4 Å². The van der Waals surface area contributed by atoms with E-state index in [1.54, 1.807) is 24.5 Å². The number of nitrogens with two attached hydrogens (primary N) is 2. The minimum absolute atomic E-state index is 0.287. The Labute approximate surface area is 196 Å². The van der Waals surface area contributed by atoms with E-state index in [0.717, 1.165) is 37.4 Å². The summed E-state index contributed by atoms with van der Waals surface area (Å²) in [5.74, 6) is -1.99. The molecule has 8 nitrogen and oxygen atoms in total. The highest BCUT2D eigenvalue weighted by molar-refractivity contribution is 9.10. The smallest absolute Gasteiger partial charge is 0.320 e. The van der Waals surface area contributed by atoms with Crippen molar-refractivity contribution in [1.29, 1.82) is 0 Å². The Kier molecular flexibility index (Phi) is 7.57. The van der Waals surface area contributed by atoms with Crippen molar-refractivity contribution in [1.82, 2.24) is 9.97 Å². The molecule has 168 valence electrons. The highest BCUT2D eigenvalue weighted by Gasteiger charge is 2.15. The van der Waals surface area contributed by atoms with Gasteiger partial charge in [0.1, 0.15) is 12.1 Å². The first-order valence-electron chi connectivity index (χ1n) is 9.63. The summed E-state index contributed by atoms with van der Waals surface area (Å²) in [6.07, 6.45) is 4.19. The zero-order valence-electron chi connectivity index (χ0n) is 16.8. The molecule has 0 saturated carbocycles. The van der Waals surface area contributed by atoms with Crippen molar-refractivity contribution in [2.75, 3.05) is 0 Å². The van der Waals surface area contributed by atoms with Crippen LogP contribution in [0.25, 0.3) is 21.8 Å². The van der Waals surface area contributed by atoms with E-state index in [9.17, 15) is 9.59 Å². The first kappa shape index (κ1) is 23.8. The lowest BCUT2D eigenvalue weighted by Crippen LogP contribution is -2.32. The van der Waals surface area contributed by atoms with Crippen molar-refractivity contribution < 1.29 is 19.8 Å². The monoisotopic (exact) mass is 520 g/mol. The molecule has 10 heteroatoms.